The molecule has 2 N–H and O–H groups in total. The van der Waals surface area contributed by atoms with Crippen molar-refractivity contribution >= 4 is 33.4 Å². The minimum absolute atomic E-state index is 0.169. The first-order valence-electron chi connectivity index (χ1n) is 7.36. The Hall–Kier alpha value is -1.83. The Balaban J connectivity index is 1.71. The summed E-state index contributed by atoms with van der Waals surface area (Å²) in [6.45, 7) is 1.17. The van der Waals surface area contributed by atoms with Gasteiger partial charge in [-0.25, -0.2) is 14.8 Å². The topological polar surface area (TPSA) is 85.8 Å². The number of carbonyl (C=O) groups excluding carboxylic acids is 1. The summed E-state index contributed by atoms with van der Waals surface area (Å²) in [6, 6.07) is 0.305. The average Bonchev–Trinajstić information content (AvgIpc) is 2.86. The van der Waals surface area contributed by atoms with Crippen LogP contribution in [-0.2, 0) is 4.74 Å². The molecule has 0 saturated carbocycles. The lowest BCUT2D eigenvalue weighted by Gasteiger charge is -2.41. The number of cyclic esters (lactones) is 1. The lowest BCUT2D eigenvalue weighted by Crippen LogP contribution is -2.50. The largest absolute Gasteiger partial charge is 0.449 e. The molecule has 2 aliphatic heterocycles. The molecule has 0 aromatic carbocycles. The SMILES string of the molecule is Nc1nccn2c(C3CCC4CCOC(=O)N4C3)nc(Br)c12. The first-order valence-corrected chi connectivity index (χ1v) is 8.16. The Morgan fingerprint density at radius 2 is 2.23 bits per heavy atom. The molecule has 4 rings (SSSR count). The Labute approximate surface area is 135 Å². The number of halogens is 1. The maximum atomic E-state index is 12.0. The van der Waals surface area contributed by atoms with E-state index >= 15 is 0 Å². The van der Waals surface area contributed by atoms with Crippen LogP contribution >= 0.6 is 15.9 Å². The highest BCUT2D eigenvalue weighted by molar-refractivity contribution is 9.10. The second-order valence-corrected chi connectivity index (χ2v) is 6.53. The lowest BCUT2D eigenvalue weighted by atomic mass is 9.90. The highest BCUT2D eigenvalue weighted by atomic mass is 79.9. The van der Waals surface area contributed by atoms with Gasteiger partial charge in [0.05, 0.1) is 6.61 Å². The number of carbonyl (C=O) groups is 1. The Kier molecular flexibility index (Phi) is 3.21. The number of hydrogen-bond acceptors (Lipinski definition) is 5. The second kappa shape index (κ2) is 5.12. The molecular formula is C14H16BrN5O2. The van der Waals surface area contributed by atoms with E-state index in [1.807, 2.05) is 15.5 Å². The molecule has 2 unspecified atom stereocenters. The van der Waals surface area contributed by atoms with Crippen LogP contribution < -0.4 is 5.73 Å². The van der Waals surface area contributed by atoms with Crippen molar-refractivity contribution < 1.29 is 9.53 Å². The summed E-state index contributed by atoms with van der Waals surface area (Å²) in [4.78, 5) is 22.5. The highest BCUT2D eigenvalue weighted by Gasteiger charge is 2.37. The number of nitrogens with zero attached hydrogens (tertiary/aromatic N) is 4. The van der Waals surface area contributed by atoms with Crippen molar-refractivity contribution in [3.63, 3.8) is 0 Å². The van der Waals surface area contributed by atoms with Crippen molar-refractivity contribution in [2.75, 3.05) is 18.9 Å². The molecule has 8 heteroatoms. The fraction of sp³-hybridized carbons (Fsp3) is 0.500. The molecule has 116 valence electrons. The monoisotopic (exact) mass is 365 g/mol. The van der Waals surface area contributed by atoms with Gasteiger partial charge in [0.2, 0.25) is 0 Å². The molecule has 2 fully saturated rings. The number of fused-ring (bicyclic) bond motifs is 2. The number of aromatic nitrogens is 3. The average molecular weight is 366 g/mol. The second-order valence-electron chi connectivity index (χ2n) is 5.78. The van der Waals surface area contributed by atoms with Gasteiger partial charge in [0.15, 0.2) is 5.82 Å². The molecule has 22 heavy (non-hydrogen) atoms. The maximum absolute atomic E-state index is 12.0. The van der Waals surface area contributed by atoms with Crippen molar-refractivity contribution in [1.29, 1.82) is 0 Å². The molecule has 2 aromatic rings. The number of amides is 1. The molecule has 7 nitrogen and oxygen atoms in total. The van der Waals surface area contributed by atoms with E-state index in [1.165, 1.54) is 0 Å². The van der Waals surface area contributed by atoms with E-state index in [2.05, 4.69) is 25.9 Å². The Morgan fingerprint density at radius 3 is 3.09 bits per heavy atom. The van der Waals surface area contributed by atoms with Gasteiger partial charge in [0.25, 0.3) is 0 Å². The Morgan fingerprint density at radius 1 is 1.36 bits per heavy atom. The molecule has 0 aliphatic carbocycles. The minimum Gasteiger partial charge on any atom is -0.449 e. The van der Waals surface area contributed by atoms with Gasteiger partial charge in [-0.05, 0) is 28.8 Å². The van der Waals surface area contributed by atoms with Crippen molar-refractivity contribution in [1.82, 2.24) is 19.3 Å². The Bertz CT molecular complexity index is 746. The molecule has 0 bridgehead atoms. The number of hydrogen-bond donors (Lipinski definition) is 1. The van der Waals surface area contributed by atoms with Gasteiger partial charge in [-0.2, -0.15) is 0 Å². The van der Waals surface area contributed by atoms with Crippen LogP contribution in [0.2, 0.25) is 0 Å². The van der Waals surface area contributed by atoms with Gasteiger partial charge in [0.1, 0.15) is 15.9 Å². The van der Waals surface area contributed by atoms with E-state index in [0.29, 0.717) is 29.6 Å². The molecule has 4 heterocycles. The predicted octanol–water partition coefficient (Wildman–Crippen LogP) is 2.16. The van der Waals surface area contributed by atoms with Crippen LogP contribution in [0.15, 0.2) is 17.0 Å². The quantitative estimate of drug-likeness (QED) is 0.836. The van der Waals surface area contributed by atoms with Gasteiger partial charge in [0, 0.05) is 37.3 Å². The maximum Gasteiger partial charge on any atom is 0.410 e. The van der Waals surface area contributed by atoms with Crippen molar-refractivity contribution in [2.24, 2.45) is 0 Å². The molecule has 2 atom stereocenters. The molecule has 2 saturated heterocycles. The zero-order valence-electron chi connectivity index (χ0n) is 11.9. The number of rotatable bonds is 1. The normalized spacial score (nSPS) is 25.1. The molecule has 0 spiro atoms. The first-order chi connectivity index (χ1) is 10.6. The van der Waals surface area contributed by atoms with Gasteiger partial charge >= 0.3 is 6.09 Å². The minimum atomic E-state index is -0.206. The predicted molar refractivity (Wildman–Crippen MR) is 83.5 cm³/mol. The van der Waals surface area contributed by atoms with Gasteiger partial charge in [-0.1, -0.05) is 0 Å². The summed E-state index contributed by atoms with van der Waals surface area (Å²) < 4.78 is 7.82. The van der Waals surface area contributed by atoms with Crippen LogP contribution in [0.25, 0.3) is 5.52 Å². The van der Waals surface area contributed by atoms with E-state index in [0.717, 1.165) is 30.6 Å². The standard InChI is InChI=1S/C14H16BrN5O2/c15-11-10-12(16)17-4-5-19(10)13(18-11)8-1-2-9-3-6-22-14(21)20(9)7-8/h4-5,8-9H,1-3,6-7H2,(H2,16,17). The summed E-state index contributed by atoms with van der Waals surface area (Å²) in [5.74, 6) is 1.52. The first kappa shape index (κ1) is 13.8. The smallest absolute Gasteiger partial charge is 0.410 e. The van der Waals surface area contributed by atoms with Crippen LogP contribution in [0.5, 0.6) is 0 Å². The van der Waals surface area contributed by atoms with Crippen LogP contribution in [0.4, 0.5) is 10.6 Å². The van der Waals surface area contributed by atoms with E-state index in [9.17, 15) is 4.79 Å². The van der Waals surface area contributed by atoms with Crippen LogP contribution in [0.3, 0.4) is 0 Å². The fourth-order valence-corrected chi connectivity index (χ4v) is 4.03. The van der Waals surface area contributed by atoms with Crippen LogP contribution in [0.1, 0.15) is 31.0 Å². The summed E-state index contributed by atoms with van der Waals surface area (Å²) in [5.41, 5.74) is 6.72. The third-order valence-corrected chi connectivity index (χ3v) is 5.10. The van der Waals surface area contributed by atoms with Crippen molar-refractivity contribution in [3.05, 3.63) is 22.8 Å². The summed E-state index contributed by atoms with van der Waals surface area (Å²) in [5, 5.41) is 0. The zero-order valence-corrected chi connectivity index (χ0v) is 13.5. The van der Waals surface area contributed by atoms with Crippen molar-refractivity contribution in [2.45, 2.75) is 31.2 Å². The fourth-order valence-electron chi connectivity index (χ4n) is 3.46. The number of anilines is 1. The molecule has 1 amide bonds. The number of piperidine rings is 1. The van der Waals surface area contributed by atoms with E-state index in [-0.39, 0.29) is 12.0 Å². The van der Waals surface area contributed by atoms with Gasteiger partial charge < -0.3 is 15.4 Å². The van der Waals surface area contributed by atoms with E-state index in [4.69, 9.17) is 10.5 Å². The van der Waals surface area contributed by atoms with Crippen LogP contribution in [0, 0.1) is 0 Å². The summed E-state index contributed by atoms with van der Waals surface area (Å²) >= 11 is 3.46. The molecule has 2 aliphatic rings. The van der Waals surface area contributed by atoms with Gasteiger partial charge in [-0.3, -0.25) is 4.40 Å². The third-order valence-electron chi connectivity index (χ3n) is 4.55. The van der Waals surface area contributed by atoms with Gasteiger partial charge in [-0.15, -0.1) is 0 Å². The van der Waals surface area contributed by atoms with Crippen molar-refractivity contribution in [3.8, 4) is 0 Å². The molecule has 2 aromatic heterocycles. The molecular weight excluding hydrogens is 350 g/mol. The number of ether oxygens (including phenoxy) is 1. The third kappa shape index (κ3) is 2.05. The van der Waals surface area contributed by atoms with Crippen LogP contribution in [-0.4, -0.2) is 44.6 Å². The van der Waals surface area contributed by atoms with E-state index in [1.54, 1.807) is 6.20 Å². The lowest BCUT2D eigenvalue weighted by molar-refractivity contribution is 0.0245. The summed E-state index contributed by atoms with van der Waals surface area (Å²) in [6.07, 6.45) is 6.22. The zero-order chi connectivity index (χ0) is 15.3. The number of imidazole rings is 1. The summed E-state index contributed by atoms with van der Waals surface area (Å²) in [7, 11) is 0. The van der Waals surface area contributed by atoms with E-state index < -0.39 is 0 Å². The number of nitrogen functional groups attached to an aromatic ring is 1. The molecule has 0 radical (unpaired) electrons. The highest BCUT2D eigenvalue weighted by Crippen LogP contribution is 2.35. The number of nitrogens with two attached hydrogens (primary N) is 1.